The van der Waals surface area contributed by atoms with Gasteiger partial charge in [0.1, 0.15) is 5.82 Å². The maximum Gasteiger partial charge on any atom is 0.236 e. The third kappa shape index (κ3) is 2.98. The molecule has 0 amide bonds. The van der Waals surface area contributed by atoms with Crippen LogP contribution >= 0.6 is 10.7 Å². The summed E-state index contributed by atoms with van der Waals surface area (Å²) in [6.07, 6.45) is 0. The number of hydrogen-bond donors (Lipinski definition) is 0. The largest absolute Gasteiger partial charge is 0.236 e. The van der Waals surface area contributed by atoms with Crippen LogP contribution in [0.15, 0.2) is 18.2 Å². The maximum atomic E-state index is 13.0. The molecule has 1 rings (SSSR count). The van der Waals surface area contributed by atoms with Crippen LogP contribution in [0.1, 0.15) is 11.1 Å². The van der Waals surface area contributed by atoms with E-state index in [1.165, 1.54) is 6.07 Å². The summed E-state index contributed by atoms with van der Waals surface area (Å²) in [7, 11) is 1.16. The third-order valence-electron chi connectivity index (χ3n) is 1.50. The van der Waals surface area contributed by atoms with Crippen LogP contribution in [-0.2, 0) is 14.8 Å². The lowest BCUT2D eigenvalue weighted by Gasteiger charge is -2.00. The third-order valence-corrected chi connectivity index (χ3v) is 2.49. The smallest absolute Gasteiger partial charge is 0.212 e. The van der Waals surface area contributed by atoms with Gasteiger partial charge in [-0.15, -0.1) is 0 Å². The van der Waals surface area contributed by atoms with Crippen molar-refractivity contribution in [1.29, 1.82) is 5.26 Å². The van der Waals surface area contributed by atoms with Crippen molar-refractivity contribution in [2.45, 2.75) is 5.75 Å². The quantitative estimate of drug-likeness (QED) is 0.732. The van der Waals surface area contributed by atoms with Crippen LogP contribution in [0.25, 0.3) is 0 Å². The van der Waals surface area contributed by atoms with E-state index >= 15 is 0 Å². The first-order valence-electron chi connectivity index (χ1n) is 3.53. The van der Waals surface area contributed by atoms with Gasteiger partial charge < -0.3 is 0 Å². The second-order valence-corrected chi connectivity index (χ2v) is 5.38. The van der Waals surface area contributed by atoms with Gasteiger partial charge in [-0.3, -0.25) is 0 Å². The molecule has 0 saturated carbocycles. The first-order chi connectivity index (χ1) is 6.42. The van der Waals surface area contributed by atoms with E-state index in [1.54, 1.807) is 6.07 Å². The van der Waals surface area contributed by atoms with Crippen LogP contribution in [0.4, 0.5) is 4.39 Å². The lowest BCUT2D eigenvalue weighted by molar-refractivity contribution is 0.597. The Hall–Kier alpha value is -1.12. The van der Waals surface area contributed by atoms with Crippen molar-refractivity contribution < 1.29 is 12.8 Å². The Labute approximate surface area is 85.2 Å². The summed E-state index contributed by atoms with van der Waals surface area (Å²) >= 11 is 0. The molecule has 14 heavy (non-hydrogen) atoms. The van der Waals surface area contributed by atoms with Gasteiger partial charge in [0.15, 0.2) is 0 Å². The molecule has 0 fully saturated rings. The minimum absolute atomic E-state index is 0.0981. The summed E-state index contributed by atoms with van der Waals surface area (Å²) < 4.78 is 34.3. The minimum Gasteiger partial charge on any atom is -0.212 e. The molecule has 0 unspecified atom stereocenters. The second-order valence-electron chi connectivity index (χ2n) is 2.60. The Balaban J connectivity index is 3.15. The Bertz CT molecular complexity index is 493. The van der Waals surface area contributed by atoms with Crippen molar-refractivity contribution in [3.8, 4) is 6.07 Å². The van der Waals surface area contributed by atoms with Crippen molar-refractivity contribution in [1.82, 2.24) is 0 Å². The van der Waals surface area contributed by atoms with Gasteiger partial charge in [-0.05, 0) is 18.2 Å². The maximum absolute atomic E-state index is 13.0. The second kappa shape index (κ2) is 3.95. The molecule has 0 aliphatic heterocycles. The molecule has 74 valence electrons. The molecule has 6 heteroatoms. The van der Waals surface area contributed by atoms with E-state index in [9.17, 15) is 12.8 Å². The average molecular weight is 234 g/mol. The molecule has 0 bridgehead atoms. The highest BCUT2D eigenvalue weighted by molar-refractivity contribution is 8.13. The summed E-state index contributed by atoms with van der Waals surface area (Å²) in [4.78, 5) is 0. The van der Waals surface area contributed by atoms with Gasteiger partial charge in [-0.1, -0.05) is 0 Å². The topological polar surface area (TPSA) is 57.9 Å². The van der Waals surface area contributed by atoms with Crippen LogP contribution in [0.3, 0.4) is 0 Å². The number of rotatable bonds is 2. The molecule has 0 atom stereocenters. The fourth-order valence-corrected chi connectivity index (χ4v) is 1.89. The van der Waals surface area contributed by atoms with Crippen molar-refractivity contribution in [3.05, 3.63) is 35.1 Å². The van der Waals surface area contributed by atoms with Crippen molar-refractivity contribution in [2.75, 3.05) is 0 Å². The summed E-state index contributed by atoms with van der Waals surface area (Å²) in [6.45, 7) is 0. The number of benzene rings is 1. The zero-order valence-corrected chi connectivity index (χ0v) is 8.44. The van der Waals surface area contributed by atoms with E-state index < -0.39 is 20.6 Å². The molecule has 0 aliphatic carbocycles. The Kier molecular flexibility index (Phi) is 3.09. The van der Waals surface area contributed by atoms with Gasteiger partial charge in [0.2, 0.25) is 9.05 Å². The van der Waals surface area contributed by atoms with E-state index in [-0.39, 0.29) is 11.1 Å². The van der Waals surface area contributed by atoms with Crippen LogP contribution in [0.2, 0.25) is 0 Å². The normalized spacial score (nSPS) is 10.9. The van der Waals surface area contributed by atoms with Crippen molar-refractivity contribution in [3.63, 3.8) is 0 Å². The van der Waals surface area contributed by atoms with Crippen molar-refractivity contribution >= 4 is 19.7 Å². The van der Waals surface area contributed by atoms with Gasteiger partial charge in [0.05, 0.1) is 17.4 Å². The summed E-state index contributed by atoms with van der Waals surface area (Å²) in [5.74, 6) is -1.30. The average Bonchev–Trinajstić information content (AvgIpc) is 2.06. The molecular weight excluding hydrogens is 229 g/mol. The highest BCUT2D eigenvalue weighted by atomic mass is 35.7. The van der Waals surface area contributed by atoms with E-state index in [0.29, 0.717) is 0 Å². The van der Waals surface area contributed by atoms with Gasteiger partial charge >= 0.3 is 0 Å². The van der Waals surface area contributed by atoms with Gasteiger partial charge in [-0.25, -0.2) is 12.8 Å². The Morgan fingerprint density at radius 1 is 1.50 bits per heavy atom. The van der Waals surface area contributed by atoms with Crippen LogP contribution < -0.4 is 0 Å². The van der Waals surface area contributed by atoms with Crippen LogP contribution in [0.5, 0.6) is 0 Å². The standard InChI is InChI=1S/C8H5ClFNO2S/c9-14(12,13)5-7-3-6(4-11)1-2-8(7)10/h1-3H,5H2. The highest BCUT2D eigenvalue weighted by Gasteiger charge is 2.11. The zero-order chi connectivity index (χ0) is 10.8. The molecule has 0 radical (unpaired) electrons. The van der Waals surface area contributed by atoms with E-state index in [1.807, 2.05) is 0 Å². The first kappa shape index (κ1) is 11.0. The Morgan fingerprint density at radius 2 is 2.14 bits per heavy atom. The molecule has 0 saturated heterocycles. The number of halogens is 2. The number of nitriles is 1. The van der Waals surface area contributed by atoms with Crippen LogP contribution in [-0.4, -0.2) is 8.42 Å². The first-order valence-corrected chi connectivity index (χ1v) is 6.01. The predicted molar refractivity (Wildman–Crippen MR) is 49.6 cm³/mol. The number of nitrogens with zero attached hydrogens (tertiary/aromatic N) is 1. The van der Waals surface area contributed by atoms with Crippen molar-refractivity contribution in [2.24, 2.45) is 0 Å². The molecule has 0 heterocycles. The fraction of sp³-hybridized carbons (Fsp3) is 0.125. The molecule has 3 nitrogen and oxygen atoms in total. The molecular formula is C8H5ClFNO2S. The zero-order valence-electron chi connectivity index (χ0n) is 6.87. The lowest BCUT2D eigenvalue weighted by atomic mass is 10.1. The molecule has 0 aliphatic rings. The number of hydrogen-bond acceptors (Lipinski definition) is 3. The van der Waals surface area contributed by atoms with Crippen LogP contribution in [0, 0.1) is 17.1 Å². The van der Waals surface area contributed by atoms with Gasteiger partial charge in [0.25, 0.3) is 0 Å². The SMILES string of the molecule is N#Cc1ccc(F)c(CS(=O)(=O)Cl)c1. The lowest BCUT2D eigenvalue weighted by Crippen LogP contribution is -1.98. The van der Waals surface area contributed by atoms with Gasteiger partial charge in [0, 0.05) is 16.2 Å². The highest BCUT2D eigenvalue weighted by Crippen LogP contribution is 2.15. The Morgan fingerprint density at radius 3 is 2.64 bits per heavy atom. The molecule has 1 aromatic carbocycles. The monoisotopic (exact) mass is 233 g/mol. The van der Waals surface area contributed by atoms with E-state index in [0.717, 1.165) is 12.1 Å². The summed E-state index contributed by atoms with van der Waals surface area (Å²) in [5, 5.41) is 8.50. The summed E-state index contributed by atoms with van der Waals surface area (Å²) in [5.41, 5.74) is 0.0979. The molecule has 0 N–H and O–H groups in total. The van der Waals surface area contributed by atoms with E-state index in [2.05, 4.69) is 0 Å². The molecule has 0 aromatic heterocycles. The fourth-order valence-electron chi connectivity index (χ4n) is 0.941. The molecule has 1 aromatic rings. The summed E-state index contributed by atoms with van der Waals surface area (Å²) in [6, 6.07) is 5.24. The minimum atomic E-state index is -3.80. The predicted octanol–water partition coefficient (Wildman–Crippen LogP) is 1.77. The van der Waals surface area contributed by atoms with E-state index in [4.69, 9.17) is 15.9 Å². The van der Waals surface area contributed by atoms with Gasteiger partial charge in [-0.2, -0.15) is 5.26 Å². The molecule has 0 spiro atoms.